The van der Waals surface area contributed by atoms with E-state index < -0.39 is 24.1 Å². The van der Waals surface area contributed by atoms with Gasteiger partial charge in [0.05, 0.1) is 13.7 Å². The zero-order chi connectivity index (χ0) is 28.6. The second-order valence-electron chi connectivity index (χ2n) is 8.71. The second kappa shape index (κ2) is 16.9. The van der Waals surface area contributed by atoms with Crippen LogP contribution in [0, 0.1) is 6.92 Å². The van der Waals surface area contributed by atoms with Crippen LogP contribution in [0.4, 0.5) is 0 Å². The number of aryl methyl sites for hydroxylation is 1. The number of hydrogen-bond donors (Lipinski definition) is 6. The molecule has 1 heterocycles. The van der Waals surface area contributed by atoms with Crippen LogP contribution in [0.15, 0.2) is 48.5 Å². The highest BCUT2D eigenvalue weighted by atomic mass is 16.5. The highest BCUT2D eigenvalue weighted by Gasteiger charge is 2.11. The largest absolute Gasteiger partial charge is 0.539 e. The predicted molar refractivity (Wildman–Crippen MR) is 141 cm³/mol. The average molecular weight is 548 g/mol. The van der Waals surface area contributed by atoms with Crippen LogP contribution in [0.2, 0.25) is 0 Å². The van der Waals surface area contributed by atoms with Gasteiger partial charge in [0.2, 0.25) is 0 Å². The van der Waals surface area contributed by atoms with E-state index in [0.29, 0.717) is 24.6 Å². The number of methoxy groups -OCH3 is 1. The van der Waals surface area contributed by atoms with Crippen molar-refractivity contribution in [2.24, 2.45) is 0 Å². The van der Waals surface area contributed by atoms with E-state index >= 15 is 0 Å². The predicted octanol–water partition coefficient (Wildman–Crippen LogP) is -0.971. The first kappa shape index (κ1) is 31.4. The molecule has 0 aliphatic carbocycles. The minimum Gasteiger partial charge on any atom is -0.539 e. The van der Waals surface area contributed by atoms with Gasteiger partial charge in [0.1, 0.15) is 37.7 Å². The molecule has 0 aliphatic rings. The summed E-state index contributed by atoms with van der Waals surface area (Å²) in [6.45, 7) is 5.17. The highest BCUT2D eigenvalue weighted by Crippen LogP contribution is 2.26. The molecular weight excluding hydrogens is 510 g/mol. The van der Waals surface area contributed by atoms with Crippen LogP contribution in [0.3, 0.4) is 0 Å². The number of nitrogens with one attached hydrogen (secondary N) is 2. The molecule has 3 aromatic rings. The maximum atomic E-state index is 10.2. The number of aromatic amines is 1. The third kappa shape index (κ3) is 11.6. The molecule has 2 atom stereocenters. The molecular formula is C27H37N3O9. The summed E-state index contributed by atoms with van der Waals surface area (Å²) in [5.74, 6) is -1.95. The van der Waals surface area contributed by atoms with Crippen molar-refractivity contribution < 1.29 is 49.5 Å². The van der Waals surface area contributed by atoms with E-state index in [-0.39, 0.29) is 13.2 Å². The molecule has 0 aliphatic heterocycles. The van der Waals surface area contributed by atoms with Crippen LogP contribution in [0.25, 0.3) is 10.9 Å². The second-order valence-corrected chi connectivity index (χ2v) is 8.71. The Morgan fingerprint density at radius 3 is 2.36 bits per heavy atom. The molecule has 214 valence electrons. The number of H-pyrrole nitrogens is 1. The standard InChI is InChI=1S/C25H35N3O5.C2H2O4/c1-18-13-21-22(28-18)7-5-10-23(21)32-16-19(29)14-26-11-6-12-27-15-20(30)17-33-25-9-4-3-8-24(25)31-2;3-1(4)2(5)6/h3-5,7-10,13,19-20,26-30H,6,11-12,14-17H2,1-2H3;(H,3,4)(H,5,6). The summed E-state index contributed by atoms with van der Waals surface area (Å²) in [6.07, 6.45) is -0.219. The fourth-order valence-corrected chi connectivity index (χ4v) is 3.58. The fraction of sp³-hybridized carbons (Fsp3) is 0.407. The molecule has 0 spiro atoms. The van der Waals surface area contributed by atoms with Crippen molar-refractivity contribution in [1.29, 1.82) is 0 Å². The van der Waals surface area contributed by atoms with E-state index in [2.05, 4.69) is 21.7 Å². The number of ether oxygens (including phenoxy) is 3. The van der Waals surface area contributed by atoms with Crippen molar-refractivity contribution in [3.8, 4) is 17.2 Å². The monoisotopic (exact) mass is 547 g/mol. The number of carboxylic acids is 2. The van der Waals surface area contributed by atoms with E-state index in [0.717, 1.165) is 41.9 Å². The number of aliphatic hydroxyl groups is 2. The number of aliphatic carboxylic acids is 2. The Morgan fingerprint density at radius 1 is 1.03 bits per heavy atom. The Hall–Kier alpha value is -3.84. The number of hydrogen-bond acceptors (Lipinski definition) is 9. The number of quaternary nitrogens is 1. The van der Waals surface area contributed by atoms with Crippen molar-refractivity contribution >= 4 is 22.8 Å². The van der Waals surface area contributed by atoms with Crippen LogP contribution in [-0.2, 0) is 9.59 Å². The van der Waals surface area contributed by atoms with Crippen molar-refractivity contribution in [2.45, 2.75) is 25.6 Å². The number of aromatic nitrogens is 1. The maximum absolute atomic E-state index is 10.2. The van der Waals surface area contributed by atoms with Crippen molar-refractivity contribution in [1.82, 2.24) is 10.3 Å². The number of carbonyl (C=O) groups is 2. The van der Waals surface area contributed by atoms with E-state index in [1.165, 1.54) is 0 Å². The molecule has 2 aromatic carbocycles. The Labute approximate surface area is 226 Å². The van der Waals surface area contributed by atoms with Gasteiger partial charge in [0.15, 0.2) is 17.5 Å². The van der Waals surface area contributed by atoms with Gasteiger partial charge in [-0.1, -0.05) is 18.2 Å². The lowest BCUT2D eigenvalue weighted by atomic mass is 10.2. The van der Waals surface area contributed by atoms with Crippen LogP contribution < -0.4 is 30.0 Å². The smallest absolute Gasteiger partial charge is 0.351 e. The third-order valence-electron chi connectivity index (χ3n) is 5.45. The molecule has 7 N–H and O–H groups in total. The normalized spacial score (nSPS) is 12.2. The molecule has 12 heteroatoms. The Morgan fingerprint density at radius 2 is 1.67 bits per heavy atom. The van der Waals surface area contributed by atoms with Gasteiger partial charge in [0.25, 0.3) is 0 Å². The van der Waals surface area contributed by atoms with Gasteiger partial charge in [-0.2, -0.15) is 0 Å². The topological polar surface area (TPSA) is 190 Å². The SMILES string of the molecule is COc1ccccc1OCC(O)CNCCC[NH2+]CC(O)COc1cccc2[nH]c(C)cc12.O=C([O-])C(=O)O. The van der Waals surface area contributed by atoms with Gasteiger partial charge in [-0.15, -0.1) is 0 Å². The van der Waals surface area contributed by atoms with E-state index in [1.54, 1.807) is 7.11 Å². The number of nitrogens with two attached hydrogens (primary N) is 1. The van der Waals surface area contributed by atoms with Gasteiger partial charge < -0.3 is 55.0 Å². The first-order valence-corrected chi connectivity index (χ1v) is 12.5. The van der Waals surface area contributed by atoms with Gasteiger partial charge >= 0.3 is 5.97 Å². The quantitative estimate of drug-likeness (QED) is 0.102. The summed E-state index contributed by atoms with van der Waals surface area (Å²) in [6, 6.07) is 15.3. The average Bonchev–Trinajstić information content (AvgIpc) is 3.31. The summed E-state index contributed by atoms with van der Waals surface area (Å²) in [7, 11) is 1.59. The molecule has 3 rings (SSSR count). The lowest BCUT2D eigenvalue weighted by Crippen LogP contribution is -2.86. The molecule has 39 heavy (non-hydrogen) atoms. The van der Waals surface area contributed by atoms with Crippen LogP contribution >= 0.6 is 0 Å². The first-order valence-electron chi connectivity index (χ1n) is 12.5. The number of benzene rings is 2. The first-order chi connectivity index (χ1) is 18.7. The summed E-state index contributed by atoms with van der Waals surface area (Å²) in [4.78, 5) is 21.3. The van der Waals surface area contributed by atoms with Crippen molar-refractivity contribution in [3.63, 3.8) is 0 Å². The van der Waals surface area contributed by atoms with Crippen molar-refractivity contribution in [3.05, 3.63) is 54.2 Å². The highest BCUT2D eigenvalue weighted by molar-refractivity contribution is 6.26. The lowest BCUT2D eigenvalue weighted by molar-refractivity contribution is -0.661. The molecule has 0 amide bonds. The maximum Gasteiger partial charge on any atom is 0.351 e. The minimum atomic E-state index is -2.07. The molecule has 0 saturated carbocycles. The molecule has 2 unspecified atom stereocenters. The van der Waals surface area contributed by atoms with E-state index in [1.807, 2.05) is 49.4 Å². The van der Waals surface area contributed by atoms with Crippen molar-refractivity contribution in [2.75, 3.05) is 46.5 Å². The zero-order valence-electron chi connectivity index (χ0n) is 22.1. The summed E-state index contributed by atoms with van der Waals surface area (Å²) >= 11 is 0. The fourth-order valence-electron chi connectivity index (χ4n) is 3.58. The number of aliphatic hydroxyl groups excluding tert-OH is 2. The van der Waals surface area contributed by atoms with Gasteiger partial charge in [-0.3, -0.25) is 0 Å². The number of carbonyl (C=O) groups excluding carboxylic acids is 1. The Balaban J connectivity index is 0.000000798. The Bertz CT molecular complexity index is 1160. The molecule has 0 radical (unpaired) electrons. The van der Waals surface area contributed by atoms with E-state index in [4.69, 9.17) is 34.0 Å². The van der Waals surface area contributed by atoms with Crippen LogP contribution in [0.1, 0.15) is 12.1 Å². The summed E-state index contributed by atoms with van der Waals surface area (Å²) < 4.78 is 16.7. The van der Waals surface area contributed by atoms with E-state index in [9.17, 15) is 10.2 Å². The van der Waals surface area contributed by atoms with Gasteiger partial charge in [-0.05, 0) is 37.3 Å². The number of para-hydroxylation sites is 2. The number of fused-ring (bicyclic) bond motifs is 1. The zero-order valence-corrected chi connectivity index (χ0v) is 22.1. The molecule has 0 bridgehead atoms. The van der Waals surface area contributed by atoms with Gasteiger partial charge in [0, 0.05) is 36.1 Å². The lowest BCUT2D eigenvalue weighted by Gasteiger charge is -2.15. The summed E-state index contributed by atoms with van der Waals surface area (Å²) in [5, 5.41) is 43.0. The van der Waals surface area contributed by atoms with Crippen LogP contribution in [0.5, 0.6) is 17.2 Å². The van der Waals surface area contributed by atoms with Crippen LogP contribution in [-0.4, -0.2) is 91.0 Å². The summed E-state index contributed by atoms with van der Waals surface area (Å²) in [5.41, 5.74) is 2.12. The minimum absolute atomic E-state index is 0.196. The number of carboxylic acid groups (broad SMARTS) is 2. The molecule has 1 aromatic heterocycles. The van der Waals surface area contributed by atoms with Gasteiger partial charge in [-0.25, -0.2) is 4.79 Å². The molecule has 12 nitrogen and oxygen atoms in total. The Kier molecular flexibility index (Phi) is 13.6. The molecule has 0 saturated heterocycles. The third-order valence-corrected chi connectivity index (χ3v) is 5.45. The number of rotatable bonds is 15. The molecule has 0 fully saturated rings.